The number of nitrogens with zero attached hydrogens (tertiary/aromatic N) is 2. The van der Waals surface area contributed by atoms with Crippen molar-refractivity contribution in [3.8, 4) is 0 Å². The third-order valence-corrected chi connectivity index (χ3v) is 5.38. The lowest BCUT2D eigenvalue weighted by Gasteiger charge is -2.04. The lowest BCUT2D eigenvalue weighted by molar-refractivity contribution is -0.145. The Bertz CT molecular complexity index is 1260. The van der Waals surface area contributed by atoms with Crippen LogP contribution in [0.3, 0.4) is 0 Å². The molecule has 9 heteroatoms. The summed E-state index contributed by atoms with van der Waals surface area (Å²) in [5.41, 5.74) is 2.51. The van der Waals surface area contributed by atoms with E-state index in [9.17, 15) is 14.4 Å². The number of para-hydroxylation sites is 2. The van der Waals surface area contributed by atoms with Crippen LogP contribution in [0.5, 0.6) is 0 Å². The second kappa shape index (κ2) is 9.40. The predicted octanol–water partition coefficient (Wildman–Crippen LogP) is 2.65. The molecule has 0 fully saturated rings. The summed E-state index contributed by atoms with van der Waals surface area (Å²) in [4.78, 5) is 40.6. The highest BCUT2D eigenvalue weighted by Crippen LogP contribution is 2.13. The molecule has 0 radical (unpaired) electrons. The Balaban J connectivity index is 1.27. The van der Waals surface area contributed by atoms with Gasteiger partial charge in [0.2, 0.25) is 5.91 Å². The average molecular weight is 437 g/mol. The maximum absolute atomic E-state index is 12.2. The van der Waals surface area contributed by atoms with Crippen molar-refractivity contribution >= 4 is 34.3 Å². The summed E-state index contributed by atoms with van der Waals surface area (Å²) in [5, 5.41) is 5.23. The minimum absolute atomic E-state index is 0.0362. The summed E-state index contributed by atoms with van der Waals surface area (Å²) >= 11 is 1.33. The summed E-state index contributed by atoms with van der Waals surface area (Å²) in [7, 11) is 0. The molecule has 2 heterocycles. The van der Waals surface area contributed by atoms with E-state index < -0.39 is 11.7 Å². The second-order valence-electron chi connectivity index (χ2n) is 6.75. The summed E-state index contributed by atoms with van der Waals surface area (Å²) in [6.07, 6.45) is 0.155. The fourth-order valence-corrected chi connectivity index (χ4v) is 3.76. The zero-order valence-corrected chi connectivity index (χ0v) is 17.3. The number of hydrogen-bond acceptors (Lipinski definition) is 7. The molecule has 8 nitrogen and oxygen atoms in total. The van der Waals surface area contributed by atoms with Crippen molar-refractivity contribution in [2.45, 2.75) is 26.1 Å². The van der Waals surface area contributed by atoms with E-state index in [2.05, 4.69) is 10.3 Å². The van der Waals surface area contributed by atoms with E-state index in [1.807, 2.05) is 30.3 Å². The minimum atomic E-state index is -0.615. The molecule has 0 aliphatic rings. The van der Waals surface area contributed by atoms with Gasteiger partial charge in [0.1, 0.15) is 18.2 Å². The molecule has 0 spiro atoms. The van der Waals surface area contributed by atoms with Crippen molar-refractivity contribution in [1.29, 1.82) is 0 Å². The molecule has 4 aromatic rings. The largest absolute Gasteiger partial charge is 0.458 e. The SMILES string of the molecule is O=C(Cc1nc(COC(=O)Cn2c(=O)oc3ccccc32)cs1)NCc1ccccc1. The number of thiazole rings is 1. The van der Waals surface area contributed by atoms with Crippen molar-refractivity contribution in [2.24, 2.45) is 0 Å². The molecule has 1 amide bonds. The summed E-state index contributed by atoms with van der Waals surface area (Å²) < 4.78 is 11.6. The van der Waals surface area contributed by atoms with Gasteiger partial charge in [-0.1, -0.05) is 42.5 Å². The van der Waals surface area contributed by atoms with Gasteiger partial charge in [0.15, 0.2) is 5.58 Å². The molecule has 1 N–H and O–H groups in total. The van der Waals surface area contributed by atoms with Crippen molar-refractivity contribution in [3.63, 3.8) is 0 Å². The standard InChI is InChI=1S/C22H19N3O5S/c26-19(23-11-15-6-2-1-3-7-15)10-20-24-16(14-31-20)13-29-21(27)12-25-17-8-4-5-9-18(17)30-22(25)28/h1-9,14H,10-13H2,(H,23,26). The quantitative estimate of drug-likeness (QED) is 0.425. The molecule has 2 aromatic carbocycles. The van der Waals surface area contributed by atoms with Crippen LogP contribution in [-0.4, -0.2) is 21.4 Å². The fourth-order valence-electron chi connectivity index (χ4n) is 2.99. The number of aromatic nitrogens is 2. The van der Waals surface area contributed by atoms with Crippen molar-refractivity contribution < 1.29 is 18.7 Å². The van der Waals surface area contributed by atoms with Crippen LogP contribution in [-0.2, 0) is 40.4 Å². The first kappa shape index (κ1) is 20.5. The first-order valence-corrected chi connectivity index (χ1v) is 10.4. The lowest BCUT2D eigenvalue weighted by Crippen LogP contribution is -2.24. The van der Waals surface area contributed by atoms with Gasteiger partial charge in [-0.15, -0.1) is 11.3 Å². The Morgan fingerprint density at radius 1 is 1.10 bits per heavy atom. The number of oxazole rings is 1. The molecule has 0 aliphatic carbocycles. The second-order valence-corrected chi connectivity index (χ2v) is 7.70. The number of carbonyl (C=O) groups is 2. The Morgan fingerprint density at radius 2 is 1.87 bits per heavy atom. The van der Waals surface area contributed by atoms with Gasteiger partial charge in [-0.25, -0.2) is 9.78 Å². The molecule has 0 saturated heterocycles. The van der Waals surface area contributed by atoms with Crippen LogP contribution in [0.2, 0.25) is 0 Å². The predicted molar refractivity (Wildman–Crippen MR) is 114 cm³/mol. The molecule has 4 rings (SSSR count). The van der Waals surface area contributed by atoms with Crippen LogP contribution in [0.4, 0.5) is 0 Å². The van der Waals surface area contributed by atoms with E-state index in [4.69, 9.17) is 9.15 Å². The molecule has 0 bridgehead atoms. The number of nitrogens with one attached hydrogen (secondary N) is 1. The molecule has 0 aliphatic heterocycles. The number of hydrogen-bond donors (Lipinski definition) is 1. The third-order valence-electron chi connectivity index (χ3n) is 4.49. The van der Waals surface area contributed by atoms with Crippen LogP contribution < -0.4 is 11.1 Å². The molecule has 0 unspecified atom stereocenters. The Labute approximate surface area is 181 Å². The smallest absolute Gasteiger partial charge is 0.420 e. The number of esters is 1. The lowest BCUT2D eigenvalue weighted by atomic mass is 10.2. The number of ether oxygens (including phenoxy) is 1. The van der Waals surface area contributed by atoms with E-state index in [-0.39, 0.29) is 25.5 Å². The van der Waals surface area contributed by atoms with Crippen LogP contribution in [0.1, 0.15) is 16.3 Å². The number of rotatable bonds is 8. The van der Waals surface area contributed by atoms with Gasteiger partial charge in [-0.2, -0.15) is 0 Å². The summed E-state index contributed by atoms with van der Waals surface area (Å²) in [6, 6.07) is 16.5. The van der Waals surface area contributed by atoms with Crippen LogP contribution in [0.25, 0.3) is 11.1 Å². The van der Waals surface area contributed by atoms with Gasteiger partial charge >= 0.3 is 11.7 Å². The van der Waals surface area contributed by atoms with Gasteiger partial charge in [0.25, 0.3) is 0 Å². The van der Waals surface area contributed by atoms with E-state index in [1.165, 1.54) is 15.9 Å². The van der Waals surface area contributed by atoms with Gasteiger partial charge < -0.3 is 14.5 Å². The first-order valence-electron chi connectivity index (χ1n) is 9.56. The van der Waals surface area contributed by atoms with Crippen molar-refractivity contribution in [1.82, 2.24) is 14.9 Å². The first-order chi connectivity index (χ1) is 15.1. The zero-order chi connectivity index (χ0) is 21.6. The average Bonchev–Trinajstić information content (AvgIpc) is 3.35. The molecular formula is C22H19N3O5S. The normalized spacial score (nSPS) is 10.8. The van der Waals surface area contributed by atoms with Crippen LogP contribution in [0.15, 0.2) is 69.2 Å². The van der Waals surface area contributed by atoms with Gasteiger partial charge in [0, 0.05) is 11.9 Å². The molecule has 0 saturated carbocycles. The van der Waals surface area contributed by atoms with E-state index in [0.717, 1.165) is 5.56 Å². The van der Waals surface area contributed by atoms with E-state index in [1.54, 1.807) is 29.6 Å². The minimum Gasteiger partial charge on any atom is -0.458 e. The Kier molecular flexibility index (Phi) is 6.23. The molecule has 0 atom stereocenters. The number of benzene rings is 2. The highest BCUT2D eigenvalue weighted by molar-refractivity contribution is 7.09. The molecular weight excluding hydrogens is 418 g/mol. The summed E-state index contributed by atoms with van der Waals surface area (Å²) in [5.74, 6) is -1.33. The number of carbonyl (C=O) groups excluding carboxylic acids is 2. The topological polar surface area (TPSA) is 103 Å². The number of fused-ring (bicyclic) bond motifs is 1. The van der Waals surface area contributed by atoms with Gasteiger partial charge in [-0.05, 0) is 17.7 Å². The number of amides is 1. The fraction of sp³-hybridized carbons (Fsp3) is 0.182. The maximum Gasteiger partial charge on any atom is 0.420 e. The van der Waals surface area contributed by atoms with Crippen molar-refractivity contribution in [2.75, 3.05) is 0 Å². The maximum atomic E-state index is 12.2. The van der Waals surface area contributed by atoms with Gasteiger partial charge in [-0.3, -0.25) is 14.2 Å². The Morgan fingerprint density at radius 3 is 2.71 bits per heavy atom. The highest BCUT2D eigenvalue weighted by atomic mass is 32.1. The monoisotopic (exact) mass is 437 g/mol. The Hall–Kier alpha value is -3.72. The summed E-state index contributed by atoms with van der Waals surface area (Å²) in [6.45, 7) is 0.165. The van der Waals surface area contributed by atoms with E-state index >= 15 is 0 Å². The molecule has 158 valence electrons. The van der Waals surface area contributed by atoms with Crippen LogP contribution >= 0.6 is 11.3 Å². The van der Waals surface area contributed by atoms with Gasteiger partial charge in [0.05, 0.1) is 17.6 Å². The van der Waals surface area contributed by atoms with Crippen molar-refractivity contribution in [3.05, 3.63) is 86.8 Å². The van der Waals surface area contributed by atoms with E-state index in [0.29, 0.717) is 28.3 Å². The highest BCUT2D eigenvalue weighted by Gasteiger charge is 2.14. The molecule has 31 heavy (non-hydrogen) atoms. The third kappa shape index (κ3) is 5.26. The molecule has 2 aromatic heterocycles. The van der Waals surface area contributed by atoms with Crippen LogP contribution in [0, 0.1) is 0 Å². The zero-order valence-electron chi connectivity index (χ0n) is 16.4.